The topological polar surface area (TPSA) is 87.7 Å². The van der Waals surface area contributed by atoms with Gasteiger partial charge in [0.2, 0.25) is 5.91 Å². The first-order chi connectivity index (χ1) is 10.0. The van der Waals surface area contributed by atoms with Crippen molar-refractivity contribution in [3.63, 3.8) is 0 Å². The molecule has 1 fully saturated rings. The number of carbonyl (C=O) groups excluding carboxylic acids is 1. The Balaban J connectivity index is 2.06. The lowest BCUT2D eigenvalue weighted by Gasteiger charge is -2.18. The molecule has 0 saturated carbocycles. The first-order valence-corrected chi connectivity index (χ1v) is 6.99. The third-order valence-electron chi connectivity index (χ3n) is 3.61. The highest BCUT2D eigenvalue weighted by atomic mass is 16.5. The van der Waals surface area contributed by atoms with Crippen molar-refractivity contribution in [3.8, 4) is 0 Å². The van der Waals surface area contributed by atoms with Crippen LogP contribution >= 0.6 is 0 Å². The van der Waals surface area contributed by atoms with Crippen LogP contribution in [0.15, 0.2) is 18.2 Å². The minimum absolute atomic E-state index is 0.0226. The van der Waals surface area contributed by atoms with Gasteiger partial charge in [-0.05, 0) is 37.2 Å². The number of rotatable bonds is 5. The molecule has 0 radical (unpaired) electrons. The molecule has 1 amide bonds. The zero-order chi connectivity index (χ0) is 15.4. The summed E-state index contributed by atoms with van der Waals surface area (Å²) in [5.41, 5.74) is 1.46. The van der Waals surface area contributed by atoms with Gasteiger partial charge in [-0.3, -0.25) is 4.79 Å². The Kier molecular flexibility index (Phi) is 4.93. The molecule has 6 nitrogen and oxygen atoms in total. The normalized spacial score (nSPS) is 21.2. The van der Waals surface area contributed by atoms with E-state index in [9.17, 15) is 9.59 Å². The number of benzene rings is 1. The highest BCUT2D eigenvalue weighted by Gasteiger charge is 2.33. The minimum atomic E-state index is -0.971. The molecule has 3 N–H and O–H groups in total. The number of likely N-dealkylation sites (N-methyl/N-ethyl adjacent to an activating group) is 1. The van der Waals surface area contributed by atoms with Gasteiger partial charge in [0.25, 0.3) is 0 Å². The van der Waals surface area contributed by atoms with E-state index < -0.39 is 5.97 Å². The van der Waals surface area contributed by atoms with Gasteiger partial charge in [0, 0.05) is 11.7 Å². The number of hydrogen-bond donors (Lipinski definition) is 3. The summed E-state index contributed by atoms with van der Waals surface area (Å²) < 4.78 is 5.35. The van der Waals surface area contributed by atoms with Crippen molar-refractivity contribution in [2.75, 3.05) is 25.1 Å². The third-order valence-corrected chi connectivity index (χ3v) is 3.61. The van der Waals surface area contributed by atoms with Crippen LogP contribution in [-0.4, -0.2) is 42.8 Å². The van der Waals surface area contributed by atoms with Crippen LogP contribution in [0.25, 0.3) is 0 Å². The number of amides is 1. The fourth-order valence-corrected chi connectivity index (χ4v) is 2.49. The number of ether oxygens (including phenoxy) is 1. The Labute approximate surface area is 123 Å². The number of nitrogens with one attached hydrogen (secondary N) is 2. The minimum Gasteiger partial charge on any atom is -0.478 e. The fraction of sp³-hybridized carbons (Fsp3) is 0.467. The Morgan fingerprint density at radius 3 is 2.76 bits per heavy atom. The number of aryl methyl sites for hydroxylation is 1. The number of aromatic carboxylic acids is 1. The molecule has 0 spiro atoms. The average Bonchev–Trinajstić information content (AvgIpc) is 2.87. The van der Waals surface area contributed by atoms with Gasteiger partial charge < -0.3 is 20.5 Å². The molecule has 1 saturated heterocycles. The summed E-state index contributed by atoms with van der Waals surface area (Å²) >= 11 is 0. The first kappa shape index (κ1) is 15.5. The van der Waals surface area contributed by atoms with Gasteiger partial charge in [0.1, 0.15) is 0 Å². The number of carbonyl (C=O) groups is 2. The zero-order valence-corrected chi connectivity index (χ0v) is 12.2. The SMILES string of the molecule is CCNC1COCC1C(=O)Nc1ccc(C(=O)O)c(C)c1. The van der Waals surface area contributed by atoms with E-state index in [1.165, 1.54) is 6.07 Å². The second-order valence-corrected chi connectivity index (χ2v) is 5.13. The van der Waals surface area contributed by atoms with E-state index in [-0.39, 0.29) is 23.4 Å². The van der Waals surface area contributed by atoms with E-state index in [1.54, 1.807) is 19.1 Å². The van der Waals surface area contributed by atoms with Crippen molar-refractivity contribution in [2.24, 2.45) is 5.92 Å². The molecule has 0 bridgehead atoms. The zero-order valence-electron chi connectivity index (χ0n) is 12.2. The van der Waals surface area contributed by atoms with Crippen molar-refractivity contribution < 1.29 is 19.4 Å². The van der Waals surface area contributed by atoms with Crippen molar-refractivity contribution >= 4 is 17.6 Å². The Hall–Kier alpha value is -1.92. The maximum Gasteiger partial charge on any atom is 0.335 e. The van der Waals surface area contributed by atoms with E-state index in [1.807, 2.05) is 6.92 Å². The number of carboxylic acid groups (broad SMARTS) is 1. The molecular formula is C15H20N2O4. The Morgan fingerprint density at radius 2 is 2.14 bits per heavy atom. The smallest absolute Gasteiger partial charge is 0.335 e. The van der Waals surface area contributed by atoms with Gasteiger partial charge in [-0.2, -0.15) is 0 Å². The summed E-state index contributed by atoms with van der Waals surface area (Å²) in [4.78, 5) is 23.2. The van der Waals surface area contributed by atoms with Gasteiger partial charge in [0.05, 0.1) is 24.7 Å². The van der Waals surface area contributed by atoms with Crippen LogP contribution in [0.4, 0.5) is 5.69 Å². The molecule has 1 aliphatic heterocycles. The molecule has 2 atom stereocenters. The van der Waals surface area contributed by atoms with Crippen molar-refractivity contribution in [1.29, 1.82) is 0 Å². The van der Waals surface area contributed by atoms with E-state index >= 15 is 0 Å². The van der Waals surface area contributed by atoms with Gasteiger partial charge in [-0.1, -0.05) is 6.92 Å². The van der Waals surface area contributed by atoms with Crippen molar-refractivity contribution in [2.45, 2.75) is 19.9 Å². The van der Waals surface area contributed by atoms with Crippen LogP contribution in [0.5, 0.6) is 0 Å². The van der Waals surface area contributed by atoms with Crippen LogP contribution in [0.3, 0.4) is 0 Å². The standard InChI is InChI=1S/C15H20N2O4/c1-3-16-13-8-21-7-12(13)14(18)17-10-4-5-11(15(19)20)9(2)6-10/h4-6,12-13,16H,3,7-8H2,1-2H3,(H,17,18)(H,19,20). The fourth-order valence-electron chi connectivity index (χ4n) is 2.49. The lowest BCUT2D eigenvalue weighted by Crippen LogP contribution is -2.41. The summed E-state index contributed by atoms with van der Waals surface area (Å²) in [7, 11) is 0. The molecule has 6 heteroatoms. The van der Waals surface area contributed by atoms with E-state index in [0.717, 1.165) is 6.54 Å². The van der Waals surface area contributed by atoms with Crippen LogP contribution in [0.2, 0.25) is 0 Å². The summed E-state index contributed by atoms with van der Waals surface area (Å²) in [5, 5.41) is 15.1. The van der Waals surface area contributed by atoms with Crippen LogP contribution in [0, 0.1) is 12.8 Å². The number of hydrogen-bond acceptors (Lipinski definition) is 4. The Bertz CT molecular complexity index is 544. The molecule has 114 valence electrons. The summed E-state index contributed by atoms with van der Waals surface area (Å²) in [6.07, 6.45) is 0. The summed E-state index contributed by atoms with van der Waals surface area (Å²) in [6, 6.07) is 4.79. The average molecular weight is 292 g/mol. The van der Waals surface area contributed by atoms with Crippen molar-refractivity contribution in [3.05, 3.63) is 29.3 Å². The Morgan fingerprint density at radius 1 is 1.38 bits per heavy atom. The maximum absolute atomic E-state index is 12.3. The van der Waals surface area contributed by atoms with Gasteiger partial charge in [-0.25, -0.2) is 4.79 Å². The van der Waals surface area contributed by atoms with Crippen LogP contribution in [0.1, 0.15) is 22.8 Å². The van der Waals surface area contributed by atoms with Gasteiger partial charge in [-0.15, -0.1) is 0 Å². The number of carboxylic acids is 1. The summed E-state index contributed by atoms with van der Waals surface area (Å²) in [6.45, 7) is 5.41. The van der Waals surface area contributed by atoms with E-state index in [0.29, 0.717) is 24.5 Å². The highest BCUT2D eigenvalue weighted by molar-refractivity contribution is 5.95. The molecule has 2 rings (SSSR count). The predicted molar refractivity (Wildman–Crippen MR) is 78.5 cm³/mol. The maximum atomic E-state index is 12.3. The molecule has 1 heterocycles. The summed E-state index contributed by atoms with van der Waals surface area (Å²) in [5.74, 6) is -1.31. The van der Waals surface area contributed by atoms with Gasteiger partial charge in [0.15, 0.2) is 0 Å². The molecule has 1 aliphatic rings. The lowest BCUT2D eigenvalue weighted by atomic mass is 10.0. The highest BCUT2D eigenvalue weighted by Crippen LogP contribution is 2.19. The molecule has 0 aliphatic carbocycles. The van der Waals surface area contributed by atoms with Crippen molar-refractivity contribution in [1.82, 2.24) is 5.32 Å². The number of anilines is 1. The van der Waals surface area contributed by atoms with Crippen LogP contribution in [-0.2, 0) is 9.53 Å². The first-order valence-electron chi connectivity index (χ1n) is 6.99. The largest absolute Gasteiger partial charge is 0.478 e. The third kappa shape index (κ3) is 3.59. The van der Waals surface area contributed by atoms with E-state index in [2.05, 4.69) is 10.6 Å². The molecule has 2 unspecified atom stereocenters. The van der Waals surface area contributed by atoms with E-state index in [4.69, 9.17) is 9.84 Å². The molecule has 1 aromatic carbocycles. The molecule has 21 heavy (non-hydrogen) atoms. The molecular weight excluding hydrogens is 272 g/mol. The lowest BCUT2D eigenvalue weighted by molar-refractivity contribution is -0.120. The van der Waals surface area contributed by atoms with Crippen LogP contribution < -0.4 is 10.6 Å². The molecule has 1 aromatic rings. The monoisotopic (exact) mass is 292 g/mol. The quantitative estimate of drug-likeness (QED) is 0.760. The second kappa shape index (κ2) is 6.69. The predicted octanol–water partition coefficient (Wildman–Crippen LogP) is 1.26. The molecule has 0 aromatic heterocycles. The second-order valence-electron chi connectivity index (χ2n) is 5.13. The van der Waals surface area contributed by atoms with Gasteiger partial charge >= 0.3 is 5.97 Å².